The number of carbonyl (C=O) groups is 1. The Morgan fingerprint density at radius 1 is 1.29 bits per heavy atom. The van der Waals surface area contributed by atoms with Crippen molar-refractivity contribution in [2.75, 3.05) is 6.54 Å². The number of rotatable bonds is 4. The average molecular weight is 249 g/mol. The van der Waals surface area contributed by atoms with Gasteiger partial charge in [0, 0.05) is 12.5 Å². The topological polar surface area (TPSA) is 29.1 Å². The van der Waals surface area contributed by atoms with Gasteiger partial charge in [0.15, 0.2) is 0 Å². The van der Waals surface area contributed by atoms with E-state index in [-0.39, 0.29) is 24.7 Å². The van der Waals surface area contributed by atoms with Crippen molar-refractivity contribution in [2.45, 2.75) is 38.3 Å². The molecule has 0 bridgehead atoms. The maximum absolute atomic E-state index is 12.4. The van der Waals surface area contributed by atoms with Crippen LogP contribution in [0, 0.1) is 11.8 Å². The van der Waals surface area contributed by atoms with Crippen molar-refractivity contribution < 1.29 is 18.0 Å². The maximum atomic E-state index is 12.4. The molecule has 1 amide bonds. The van der Waals surface area contributed by atoms with Gasteiger partial charge < -0.3 is 5.32 Å². The first-order valence-corrected chi connectivity index (χ1v) is 5.90. The SMILES string of the molecule is C=CCCNC(=O)C1CCC(C(F)(F)F)CC1. The van der Waals surface area contributed by atoms with Gasteiger partial charge in [-0.05, 0) is 32.1 Å². The van der Waals surface area contributed by atoms with E-state index in [1.807, 2.05) is 0 Å². The number of alkyl halides is 3. The zero-order valence-corrected chi connectivity index (χ0v) is 9.72. The van der Waals surface area contributed by atoms with Crippen molar-refractivity contribution in [3.8, 4) is 0 Å². The molecule has 0 radical (unpaired) electrons. The van der Waals surface area contributed by atoms with Crippen LogP contribution in [0.3, 0.4) is 0 Å². The van der Waals surface area contributed by atoms with Crippen molar-refractivity contribution >= 4 is 5.91 Å². The van der Waals surface area contributed by atoms with E-state index in [1.165, 1.54) is 0 Å². The van der Waals surface area contributed by atoms with Crippen LogP contribution in [0.15, 0.2) is 12.7 Å². The van der Waals surface area contributed by atoms with Crippen LogP contribution >= 0.6 is 0 Å². The van der Waals surface area contributed by atoms with Gasteiger partial charge in [-0.2, -0.15) is 13.2 Å². The monoisotopic (exact) mass is 249 g/mol. The van der Waals surface area contributed by atoms with Gasteiger partial charge in [-0.25, -0.2) is 0 Å². The fourth-order valence-corrected chi connectivity index (χ4v) is 2.12. The molecular weight excluding hydrogens is 231 g/mol. The second kappa shape index (κ2) is 6.07. The van der Waals surface area contributed by atoms with Crippen LogP contribution in [0.2, 0.25) is 0 Å². The molecule has 1 saturated carbocycles. The third kappa shape index (κ3) is 4.40. The van der Waals surface area contributed by atoms with E-state index in [1.54, 1.807) is 6.08 Å². The summed E-state index contributed by atoms with van der Waals surface area (Å²) < 4.78 is 37.2. The van der Waals surface area contributed by atoms with Crippen molar-refractivity contribution in [1.82, 2.24) is 5.32 Å². The summed E-state index contributed by atoms with van der Waals surface area (Å²) >= 11 is 0. The smallest absolute Gasteiger partial charge is 0.356 e. The van der Waals surface area contributed by atoms with Gasteiger partial charge in [0.2, 0.25) is 5.91 Å². The van der Waals surface area contributed by atoms with Crippen molar-refractivity contribution in [1.29, 1.82) is 0 Å². The van der Waals surface area contributed by atoms with E-state index < -0.39 is 12.1 Å². The van der Waals surface area contributed by atoms with Gasteiger partial charge >= 0.3 is 6.18 Å². The Morgan fingerprint density at radius 3 is 2.35 bits per heavy atom. The van der Waals surface area contributed by atoms with E-state index in [2.05, 4.69) is 11.9 Å². The molecule has 0 aromatic carbocycles. The molecule has 2 nitrogen and oxygen atoms in total. The fraction of sp³-hybridized carbons (Fsp3) is 0.750. The van der Waals surface area contributed by atoms with E-state index in [4.69, 9.17) is 0 Å². The fourth-order valence-electron chi connectivity index (χ4n) is 2.12. The van der Waals surface area contributed by atoms with Crippen molar-refractivity contribution in [3.05, 3.63) is 12.7 Å². The lowest BCUT2D eigenvalue weighted by Gasteiger charge is -2.29. The van der Waals surface area contributed by atoms with E-state index in [0.717, 1.165) is 0 Å². The molecule has 1 fully saturated rings. The summed E-state index contributed by atoms with van der Waals surface area (Å²) in [5.41, 5.74) is 0. The van der Waals surface area contributed by atoms with Gasteiger partial charge in [-0.15, -0.1) is 6.58 Å². The Balaban J connectivity index is 2.31. The average Bonchev–Trinajstić information content (AvgIpc) is 2.28. The molecule has 98 valence electrons. The second-order valence-electron chi connectivity index (χ2n) is 4.46. The highest BCUT2D eigenvalue weighted by molar-refractivity contribution is 5.78. The van der Waals surface area contributed by atoms with Crippen LogP contribution in [-0.4, -0.2) is 18.6 Å². The summed E-state index contributed by atoms with van der Waals surface area (Å²) in [4.78, 5) is 11.6. The van der Waals surface area contributed by atoms with Crippen molar-refractivity contribution in [3.63, 3.8) is 0 Å². The molecule has 0 atom stereocenters. The predicted molar refractivity (Wildman–Crippen MR) is 59.3 cm³/mol. The number of hydrogen-bond donors (Lipinski definition) is 1. The Labute approximate surface area is 99.3 Å². The molecule has 1 aliphatic rings. The molecule has 1 N–H and O–H groups in total. The summed E-state index contributed by atoms with van der Waals surface area (Å²) in [5, 5.41) is 2.72. The first-order valence-electron chi connectivity index (χ1n) is 5.90. The zero-order valence-electron chi connectivity index (χ0n) is 9.72. The van der Waals surface area contributed by atoms with Crippen LogP contribution in [0.5, 0.6) is 0 Å². The first-order chi connectivity index (χ1) is 7.95. The molecule has 5 heteroatoms. The highest BCUT2D eigenvalue weighted by Gasteiger charge is 2.42. The minimum Gasteiger partial charge on any atom is -0.356 e. The van der Waals surface area contributed by atoms with Gasteiger partial charge in [0.05, 0.1) is 5.92 Å². The number of carbonyl (C=O) groups excluding carboxylic acids is 1. The van der Waals surface area contributed by atoms with Crippen LogP contribution in [0.4, 0.5) is 13.2 Å². The third-order valence-electron chi connectivity index (χ3n) is 3.21. The standard InChI is InChI=1S/C12H18F3NO/c1-2-3-8-16-11(17)9-4-6-10(7-5-9)12(13,14)15/h2,9-10H,1,3-8H2,(H,16,17). The second-order valence-corrected chi connectivity index (χ2v) is 4.46. The van der Waals surface area contributed by atoms with Crippen molar-refractivity contribution in [2.24, 2.45) is 11.8 Å². The molecule has 0 aliphatic heterocycles. The largest absolute Gasteiger partial charge is 0.391 e. The lowest BCUT2D eigenvalue weighted by molar-refractivity contribution is -0.184. The summed E-state index contributed by atoms with van der Waals surface area (Å²) in [5.74, 6) is -1.59. The predicted octanol–water partition coefficient (Wildman–Crippen LogP) is 3.05. The highest BCUT2D eigenvalue weighted by atomic mass is 19.4. The quantitative estimate of drug-likeness (QED) is 0.602. The maximum Gasteiger partial charge on any atom is 0.391 e. The lowest BCUT2D eigenvalue weighted by Crippen LogP contribution is -2.36. The molecule has 0 heterocycles. The van der Waals surface area contributed by atoms with Gasteiger partial charge in [0.25, 0.3) is 0 Å². The molecule has 0 aromatic rings. The highest BCUT2D eigenvalue weighted by Crippen LogP contribution is 2.39. The lowest BCUT2D eigenvalue weighted by atomic mass is 9.81. The molecule has 0 saturated heterocycles. The Kier molecular flexibility index (Phi) is 5.02. The van der Waals surface area contributed by atoms with Crippen LogP contribution in [0.25, 0.3) is 0 Å². The van der Waals surface area contributed by atoms with E-state index >= 15 is 0 Å². The Hall–Kier alpha value is -1.00. The number of amides is 1. The Bertz CT molecular complexity index is 267. The molecule has 0 unspecified atom stereocenters. The number of hydrogen-bond acceptors (Lipinski definition) is 1. The van der Waals surface area contributed by atoms with Gasteiger partial charge in [-0.1, -0.05) is 6.08 Å². The van der Waals surface area contributed by atoms with E-state index in [9.17, 15) is 18.0 Å². The Morgan fingerprint density at radius 2 is 1.88 bits per heavy atom. The molecule has 0 aromatic heterocycles. The summed E-state index contributed by atoms with van der Waals surface area (Å²) in [6.45, 7) is 4.05. The normalized spacial score (nSPS) is 25.4. The van der Waals surface area contributed by atoms with Crippen LogP contribution in [0.1, 0.15) is 32.1 Å². The summed E-state index contributed by atoms with van der Waals surface area (Å²) in [7, 11) is 0. The van der Waals surface area contributed by atoms with Gasteiger partial charge in [-0.3, -0.25) is 4.79 Å². The minimum atomic E-state index is -4.11. The van der Waals surface area contributed by atoms with Crippen LogP contribution < -0.4 is 5.32 Å². The first kappa shape index (κ1) is 14.1. The number of halogens is 3. The zero-order chi connectivity index (χ0) is 12.9. The summed E-state index contributed by atoms with van der Waals surface area (Å²) in [6, 6.07) is 0. The molecule has 1 rings (SSSR count). The molecule has 1 aliphatic carbocycles. The number of nitrogens with one attached hydrogen (secondary N) is 1. The molecular formula is C12H18F3NO. The minimum absolute atomic E-state index is 0.0725. The molecule has 17 heavy (non-hydrogen) atoms. The third-order valence-corrected chi connectivity index (χ3v) is 3.21. The summed E-state index contributed by atoms with van der Waals surface area (Å²) in [6.07, 6.45) is -0.908. The van der Waals surface area contributed by atoms with Gasteiger partial charge in [0.1, 0.15) is 0 Å². The van der Waals surface area contributed by atoms with Crippen LogP contribution in [-0.2, 0) is 4.79 Å². The molecule has 0 spiro atoms. The van der Waals surface area contributed by atoms with E-state index in [0.29, 0.717) is 25.8 Å².